The molecule has 2 aromatic carbocycles. The van der Waals surface area contributed by atoms with Gasteiger partial charge in [0.15, 0.2) is 17.3 Å². The number of rotatable bonds is 14. The minimum Gasteiger partial charge on any atom is -0.493 e. The van der Waals surface area contributed by atoms with Gasteiger partial charge in [0.2, 0.25) is 5.75 Å². The van der Waals surface area contributed by atoms with Crippen molar-refractivity contribution >= 4 is 11.4 Å². The lowest BCUT2D eigenvalue weighted by atomic mass is 9.89. The van der Waals surface area contributed by atoms with Crippen LogP contribution in [0, 0.1) is 0 Å². The second-order valence-electron chi connectivity index (χ2n) is 9.03. The number of hydrogen-bond donors (Lipinski definition) is 0. The number of hydrogen-bond acceptors (Lipinski definition) is 4. The van der Waals surface area contributed by atoms with Crippen molar-refractivity contribution in [3.8, 4) is 17.2 Å². The van der Waals surface area contributed by atoms with Crippen LogP contribution in [0.15, 0.2) is 60.7 Å². The summed E-state index contributed by atoms with van der Waals surface area (Å²) in [5, 5.41) is 0. The summed E-state index contributed by atoms with van der Waals surface area (Å²) in [6.07, 6.45) is 15.0. The summed E-state index contributed by atoms with van der Waals surface area (Å²) in [5.74, 6) is 1.33. The first-order valence-electron chi connectivity index (χ1n) is 12.5. The molecule has 0 spiro atoms. The van der Waals surface area contributed by atoms with Gasteiger partial charge in [-0.25, -0.2) is 0 Å². The molecule has 0 unspecified atom stereocenters. The lowest BCUT2D eigenvalue weighted by molar-refractivity contribution is 0.103. The van der Waals surface area contributed by atoms with Crippen LogP contribution in [0.1, 0.15) is 78.9 Å². The second kappa shape index (κ2) is 13.0. The zero-order chi connectivity index (χ0) is 25.2. The van der Waals surface area contributed by atoms with Gasteiger partial charge in [-0.1, -0.05) is 75.1 Å². The number of benzene rings is 2. The summed E-state index contributed by atoms with van der Waals surface area (Å²) >= 11 is 0. The van der Waals surface area contributed by atoms with Crippen LogP contribution < -0.4 is 14.2 Å². The molecule has 1 aliphatic carbocycles. The van der Waals surface area contributed by atoms with Gasteiger partial charge in [0, 0.05) is 11.1 Å². The van der Waals surface area contributed by atoms with Gasteiger partial charge >= 0.3 is 0 Å². The first kappa shape index (κ1) is 26.3. The fourth-order valence-electron chi connectivity index (χ4n) is 4.51. The number of allylic oxidation sites excluding steroid dienone is 5. The normalized spacial score (nSPS) is 12.4. The van der Waals surface area contributed by atoms with Crippen LogP contribution in [0.4, 0.5) is 0 Å². The molecule has 4 nitrogen and oxygen atoms in total. The third-order valence-corrected chi connectivity index (χ3v) is 6.50. The van der Waals surface area contributed by atoms with Crippen LogP contribution in [0.2, 0.25) is 0 Å². The Morgan fingerprint density at radius 2 is 1.66 bits per heavy atom. The van der Waals surface area contributed by atoms with Gasteiger partial charge in [0.25, 0.3) is 0 Å². The van der Waals surface area contributed by atoms with Crippen LogP contribution in [-0.4, -0.2) is 27.1 Å². The predicted molar refractivity (Wildman–Crippen MR) is 144 cm³/mol. The number of methoxy groups -OCH3 is 3. The largest absolute Gasteiger partial charge is 0.493 e. The summed E-state index contributed by atoms with van der Waals surface area (Å²) < 4.78 is 16.4. The first-order valence-corrected chi connectivity index (χ1v) is 12.5. The van der Waals surface area contributed by atoms with Gasteiger partial charge in [-0.2, -0.15) is 0 Å². The Morgan fingerprint density at radius 1 is 0.943 bits per heavy atom. The van der Waals surface area contributed by atoms with Gasteiger partial charge in [-0.3, -0.25) is 4.79 Å². The summed E-state index contributed by atoms with van der Waals surface area (Å²) in [4.78, 5) is 13.9. The number of carbonyl (C=O) groups is 1. The Morgan fingerprint density at radius 3 is 2.26 bits per heavy atom. The Balaban J connectivity index is 1.93. The molecule has 0 amide bonds. The molecule has 186 valence electrons. The Bertz CT molecular complexity index is 1080. The Labute approximate surface area is 210 Å². The minimum atomic E-state index is -0.0663. The molecule has 0 fully saturated rings. The van der Waals surface area contributed by atoms with E-state index in [1.165, 1.54) is 31.3 Å². The standard InChI is InChI=1S/C31H38O4/c1-6-7-8-9-10-13-22(2)18-25-17-16-24(23-14-11-12-15-23)19-27(25)30(32)26-20-28(33-3)31(35-5)29(21-26)34-4/h11-12,14,16-17,19-21H,2,6-10,13,15,18H2,1,3-5H3. The Kier molecular flexibility index (Phi) is 9.77. The molecule has 2 aromatic rings. The van der Waals surface area contributed by atoms with Gasteiger partial charge in [-0.15, -0.1) is 0 Å². The van der Waals surface area contributed by atoms with Crippen LogP contribution in [0.5, 0.6) is 17.2 Å². The smallest absolute Gasteiger partial charge is 0.203 e. The van der Waals surface area contributed by atoms with Crippen molar-refractivity contribution in [3.05, 3.63) is 83.0 Å². The molecule has 0 heterocycles. The molecule has 0 saturated heterocycles. The molecular formula is C31H38O4. The molecule has 1 aliphatic rings. The average Bonchev–Trinajstić information content (AvgIpc) is 3.42. The number of carbonyl (C=O) groups excluding carboxylic acids is 1. The van der Waals surface area contributed by atoms with Gasteiger partial charge in [0.1, 0.15) is 0 Å². The number of ketones is 1. The third-order valence-electron chi connectivity index (χ3n) is 6.50. The summed E-state index contributed by atoms with van der Waals surface area (Å²) in [7, 11) is 4.67. The van der Waals surface area contributed by atoms with Crippen molar-refractivity contribution < 1.29 is 19.0 Å². The van der Waals surface area contributed by atoms with E-state index in [9.17, 15) is 4.79 Å². The zero-order valence-electron chi connectivity index (χ0n) is 21.6. The highest BCUT2D eigenvalue weighted by Crippen LogP contribution is 2.39. The second-order valence-corrected chi connectivity index (χ2v) is 9.03. The fourth-order valence-corrected chi connectivity index (χ4v) is 4.51. The minimum absolute atomic E-state index is 0.0663. The van der Waals surface area contributed by atoms with Crippen molar-refractivity contribution in [2.45, 2.75) is 58.3 Å². The molecule has 0 saturated carbocycles. The monoisotopic (exact) mass is 474 g/mol. The number of unbranched alkanes of at least 4 members (excludes halogenated alkanes) is 4. The zero-order valence-corrected chi connectivity index (χ0v) is 21.6. The van der Waals surface area contributed by atoms with Crippen molar-refractivity contribution in [1.82, 2.24) is 0 Å². The van der Waals surface area contributed by atoms with Crippen LogP contribution in [-0.2, 0) is 6.42 Å². The maximum atomic E-state index is 13.9. The van der Waals surface area contributed by atoms with Crippen molar-refractivity contribution in [2.75, 3.05) is 21.3 Å². The van der Waals surface area contributed by atoms with E-state index >= 15 is 0 Å². The molecule has 0 aromatic heterocycles. The van der Waals surface area contributed by atoms with Crippen LogP contribution in [0.3, 0.4) is 0 Å². The van der Waals surface area contributed by atoms with E-state index in [0.717, 1.165) is 36.0 Å². The van der Waals surface area contributed by atoms with Crippen molar-refractivity contribution in [3.63, 3.8) is 0 Å². The number of ether oxygens (including phenoxy) is 3. The molecule has 3 rings (SSSR count). The highest BCUT2D eigenvalue weighted by atomic mass is 16.5. The van der Waals surface area contributed by atoms with E-state index in [2.05, 4.69) is 43.9 Å². The van der Waals surface area contributed by atoms with Crippen molar-refractivity contribution in [1.29, 1.82) is 0 Å². The van der Waals surface area contributed by atoms with Crippen LogP contribution >= 0.6 is 0 Å². The lowest BCUT2D eigenvalue weighted by Gasteiger charge is -2.16. The molecule has 35 heavy (non-hydrogen) atoms. The Hall–Kier alpha value is -3.27. The fraction of sp³-hybridized carbons (Fsp3) is 0.387. The molecule has 0 bridgehead atoms. The summed E-state index contributed by atoms with van der Waals surface area (Å²) in [6.45, 7) is 6.56. The van der Waals surface area contributed by atoms with E-state index in [1.807, 2.05) is 6.07 Å². The van der Waals surface area contributed by atoms with E-state index in [1.54, 1.807) is 33.5 Å². The maximum absolute atomic E-state index is 13.9. The lowest BCUT2D eigenvalue weighted by Crippen LogP contribution is -2.09. The van der Waals surface area contributed by atoms with E-state index in [4.69, 9.17) is 14.2 Å². The first-order chi connectivity index (χ1) is 17.0. The average molecular weight is 475 g/mol. The molecule has 0 aliphatic heterocycles. The SMILES string of the molecule is C=C(CCCCCCC)Cc1ccc(C2=CC=CC2)cc1C(=O)c1cc(OC)c(OC)c(OC)c1. The predicted octanol–water partition coefficient (Wildman–Crippen LogP) is 7.75. The van der Waals surface area contributed by atoms with E-state index in [-0.39, 0.29) is 5.78 Å². The molecular weight excluding hydrogens is 436 g/mol. The van der Waals surface area contributed by atoms with E-state index in [0.29, 0.717) is 34.8 Å². The summed E-state index contributed by atoms with van der Waals surface area (Å²) in [5.41, 5.74) is 5.64. The quantitative estimate of drug-likeness (QED) is 0.159. The molecule has 4 heteroatoms. The molecule has 0 radical (unpaired) electrons. The van der Waals surface area contributed by atoms with Crippen LogP contribution in [0.25, 0.3) is 5.57 Å². The highest BCUT2D eigenvalue weighted by Gasteiger charge is 2.21. The van der Waals surface area contributed by atoms with Gasteiger partial charge in [-0.05, 0) is 60.6 Å². The molecule has 0 N–H and O–H groups in total. The molecule has 0 atom stereocenters. The van der Waals surface area contributed by atoms with Crippen molar-refractivity contribution in [2.24, 2.45) is 0 Å². The van der Waals surface area contributed by atoms with Gasteiger partial charge < -0.3 is 14.2 Å². The van der Waals surface area contributed by atoms with E-state index < -0.39 is 0 Å². The summed E-state index contributed by atoms with van der Waals surface area (Å²) in [6, 6.07) is 9.67. The third kappa shape index (κ3) is 6.66. The maximum Gasteiger partial charge on any atom is 0.203 e. The van der Waals surface area contributed by atoms with Gasteiger partial charge in [0.05, 0.1) is 21.3 Å². The highest BCUT2D eigenvalue weighted by molar-refractivity contribution is 6.11. The topological polar surface area (TPSA) is 44.8 Å².